The number of aliphatic hydroxyl groups is 1. The Bertz CT molecular complexity index is 1120. The highest BCUT2D eigenvalue weighted by Crippen LogP contribution is 2.43. The Labute approximate surface area is 180 Å². The van der Waals surface area contributed by atoms with Crippen LogP contribution in [0.4, 0.5) is 5.69 Å². The van der Waals surface area contributed by atoms with Crippen molar-refractivity contribution in [2.75, 3.05) is 4.90 Å². The van der Waals surface area contributed by atoms with Gasteiger partial charge >= 0.3 is 5.97 Å². The van der Waals surface area contributed by atoms with Crippen LogP contribution in [0.1, 0.15) is 44.9 Å². The molecule has 1 atom stereocenters. The van der Waals surface area contributed by atoms with Crippen molar-refractivity contribution in [3.05, 3.63) is 71.0 Å². The van der Waals surface area contributed by atoms with Crippen molar-refractivity contribution in [1.29, 1.82) is 5.26 Å². The monoisotopic (exact) mass is 418 g/mol. The molecule has 7 heteroatoms. The van der Waals surface area contributed by atoms with E-state index in [-0.39, 0.29) is 11.4 Å². The molecule has 1 aliphatic rings. The molecule has 0 aromatic heterocycles. The van der Waals surface area contributed by atoms with Crippen molar-refractivity contribution in [3.63, 3.8) is 0 Å². The van der Waals surface area contributed by atoms with Crippen LogP contribution in [0.15, 0.2) is 59.9 Å². The molecule has 1 unspecified atom stereocenters. The lowest BCUT2D eigenvalue weighted by molar-refractivity contribution is -0.132. The molecule has 158 valence electrons. The minimum absolute atomic E-state index is 0.00194. The Hall–Kier alpha value is -3.92. The lowest BCUT2D eigenvalue weighted by Crippen LogP contribution is -2.32. The van der Waals surface area contributed by atoms with Gasteiger partial charge in [0.1, 0.15) is 5.75 Å². The smallest absolute Gasteiger partial charge is 0.308 e. The molecule has 1 heterocycles. The zero-order valence-electron chi connectivity index (χ0n) is 17.7. The number of nitriles is 1. The lowest BCUT2D eigenvalue weighted by Gasteiger charge is -2.29. The average molecular weight is 418 g/mol. The van der Waals surface area contributed by atoms with E-state index >= 15 is 0 Å². The van der Waals surface area contributed by atoms with E-state index in [0.717, 1.165) is 0 Å². The highest BCUT2D eigenvalue weighted by atomic mass is 16.5. The highest BCUT2D eigenvalue weighted by Gasteiger charge is 2.46. The number of anilines is 1. The number of ketones is 1. The van der Waals surface area contributed by atoms with Gasteiger partial charge in [0.15, 0.2) is 11.5 Å². The van der Waals surface area contributed by atoms with Crippen molar-refractivity contribution < 1.29 is 24.2 Å². The van der Waals surface area contributed by atoms with Crippen molar-refractivity contribution in [2.24, 2.45) is 5.41 Å². The number of carbonyl (C=O) groups excluding carboxylic acids is 3. The van der Waals surface area contributed by atoms with E-state index in [0.29, 0.717) is 22.6 Å². The second-order valence-electron chi connectivity index (χ2n) is 8.24. The Morgan fingerprint density at radius 1 is 1.06 bits per heavy atom. The molecule has 3 rings (SSSR count). The third kappa shape index (κ3) is 4.19. The fourth-order valence-electron chi connectivity index (χ4n) is 3.40. The second-order valence-corrected chi connectivity index (χ2v) is 8.24. The molecule has 0 saturated carbocycles. The number of benzene rings is 2. The molecule has 1 amide bonds. The van der Waals surface area contributed by atoms with Crippen LogP contribution in [0.3, 0.4) is 0 Å². The quantitative estimate of drug-likeness (QED) is 0.594. The first-order valence-electron chi connectivity index (χ1n) is 9.64. The van der Waals surface area contributed by atoms with E-state index in [1.807, 2.05) is 6.07 Å². The Kier molecular flexibility index (Phi) is 5.67. The number of hydrogen-bond donors (Lipinski definition) is 1. The zero-order chi connectivity index (χ0) is 22.9. The van der Waals surface area contributed by atoms with Crippen LogP contribution in [0.2, 0.25) is 0 Å². The van der Waals surface area contributed by atoms with Gasteiger partial charge in [-0.25, -0.2) is 0 Å². The lowest BCUT2D eigenvalue weighted by atomic mass is 9.82. The standard InChI is InChI=1S/C24H22N2O5/c1-14(27)31-18-11-7-16(8-12-18)20-19(22(29)24(2,3)4)21(28)23(30)26(20)17-9-5-15(13-25)6-10-17/h5-12,20,28H,1-4H3. The van der Waals surface area contributed by atoms with Gasteiger partial charge in [-0.2, -0.15) is 5.26 Å². The van der Waals surface area contributed by atoms with Gasteiger partial charge in [-0.05, 0) is 42.0 Å². The molecule has 2 aromatic carbocycles. The van der Waals surface area contributed by atoms with Gasteiger partial charge < -0.3 is 9.84 Å². The van der Waals surface area contributed by atoms with E-state index in [9.17, 15) is 19.5 Å². The molecule has 1 aliphatic heterocycles. The molecule has 0 radical (unpaired) electrons. The predicted molar refractivity (Wildman–Crippen MR) is 113 cm³/mol. The summed E-state index contributed by atoms with van der Waals surface area (Å²) in [5.41, 5.74) is 0.578. The SMILES string of the molecule is CC(=O)Oc1ccc(C2C(C(=O)C(C)(C)C)=C(O)C(=O)N2c2ccc(C#N)cc2)cc1. The topological polar surface area (TPSA) is 108 Å². The summed E-state index contributed by atoms with van der Waals surface area (Å²) >= 11 is 0. The number of esters is 1. The van der Waals surface area contributed by atoms with E-state index in [2.05, 4.69) is 0 Å². The summed E-state index contributed by atoms with van der Waals surface area (Å²) in [6.45, 7) is 6.43. The zero-order valence-corrected chi connectivity index (χ0v) is 17.7. The first-order chi connectivity index (χ1) is 14.5. The molecule has 0 fully saturated rings. The molecule has 0 bridgehead atoms. The molecule has 0 saturated heterocycles. The largest absolute Gasteiger partial charge is 0.503 e. The first-order valence-corrected chi connectivity index (χ1v) is 9.64. The average Bonchev–Trinajstić information content (AvgIpc) is 2.98. The fraction of sp³-hybridized carbons (Fsp3) is 0.250. The maximum absolute atomic E-state index is 13.2. The third-order valence-electron chi connectivity index (χ3n) is 4.87. The second kappa shape index (κ2) is 8.07. The summed E-state index contributed by atoms with van der Waals surface area (Å²) in [6, 6.07) is 13.8. The summed E-state index contributed by atoms with van der Waals surface area (Å²) < 4.78 is 5.06. The van der Waals surface area contributed by atoms with Crippen LogP contribution in [0, 0.1) is 16.7 Å². The molecule has 2 aromatic rings. The number of amides is 1. The number of hydrogen-bond acceptors (Lipinski definition) is 6. The number of Topliss-reactive ketones (excluding diaryl/α,β-unsaturated/α-hetero) is 1. The maximum atomic E-state index is 13.2. The fourth-order valence-corrected chi connectivity index (χ4v) is 3.40. The van der Waals surface area contributed by atoms with Gasteiger partial charge in [0.05, 0.1) is 23.2 Å². The summed E-state index contributed by atoms with van der Waals surface area (Å²) in [7, 11) is 0. The number of ether oxygens (including phenoxy) is 1. The van der Waals surface area contributed by atoms with Gasteiger partial charge in [0.25, 0.3) is 5.91 Å². The molecule has 1 N–H and O–H groups in total. The summed E-state index contributed by atoms with van der Waals surface area (Å²) in [4.78, 5) is 38.7. The molecule has 0 spiro atoms. The Morgan fingerprint density at radius 2 is 1.65 bits per heavy atom. The number of aliphatic hydroxyl groups excluding tert-OH is 1. The van der Waals surface area contributed by atoms with E-state index in [4.69, 9.17) is 10.00 Å². The number of carbonyl (C=O) groups is 3. The van der Waals surface area contributed by atoms with Crippen LogP contribution in [-0.2, 0) is 14.4 Å². The van der Waals surface area contributed by atoms with E-state index < -0.39 is 29.1 Å². The molecule has 7 nitrogen and oxygen atoms in total. The van der Waals surface area contributed by atoms with Crippen molar-refractivity contribution in [2.45, 2.75) is 33.7 Å². The van der Waals surface area contributed by atoms with Crippen LogP contribution >= 0.6 is 0 Å². The number of rotatable bonds is 4. The summed E-state index contributed by atoms with van der Waals surface area (Å²) in [6.07, 6.45) is 0. The molecule has 0 aliphatic carbocycles. The van der Waals surface area contributed by atoms with Gasteiger partial charge in [-0.1, -0.05) is 32.9 Å². The summed E-state index contributed by atoms with van der Waals surface area (Å²) in [5, 5.41) is 19.7. The van der Waals surface area contributed by atoms with Crippen molar-refractivity contribution in [1.82, 2.24) is 0 Å². The van der Waals surface area contributed by atoms with E-state index in [1.165, 1.54) is 11.8 Å². The molecular weight excluding hydrogens is 396 g/mol. The molecule has 31 heavy (non-hydrogen) atoms. The summed E-state index contributed by atoms with van der Waals surface area (Å²) in [5.74, 6) is -1.81. The normalized spacial score (nSPS) is 16.3. The number of nitrogens with zero attached hydrogens (tertiary/aromatic N) is 2. The highest BCUT2D eigenvalue weighted by molar-refractivity contribution is 6.17. The van der Waals surface area contributed by atoms with E-state index in [1.54, 1.807) is 69.3 Å². The predicted octanol–water partition coefficient (Wildman–Crippen LogP) is 4.00. The minimum atomic E-state index is -0.876. The first kappa shape index (κ1) is 21.8. The Morgan fingerprint density at radius 3 is 2.13 bits per heavy atom. The third-order valence-corrected chi connectivity index (χ3v) is 4.87. The minimum Gasteiger partial charge on any atom is -0.503 e. The van der Waals surface area contributed by atoms with Crippen LogP contribution < -0.4 is 9.64 Å². The Balaban J connectivity index is 2.14. The van der Waals surface area contributed by atoms with Gasteiger partial charge in [-0.3, -0.25) is 19.3 Å². The maximum Gasteiger partial charge on any atom is 0.308 e. The van der Waals surface area contributed by atoms with Gasteiger partial charge in [0, 0.05) is 18.0 Å². The van der Waals surface area contributed by atoms with Gasteiger partial charge in [-0.15, -0.1) is 0 Å². The molecular formula is C24H22N2O5. The van der Waals surface area contributed by atoms with Crippen LogP contribution in [-0.4, -0.2) is 22.8 Å². The van der Waals surface area contributed by atoms with Crippen molar-refractivity contribution >= 4 is 23.3 Å². The van der Waals surface area contributed by atoms with Crippen molar-refractivity contribution in [3.8, 4) is 11.8 Å². The van der Waals surface area contributed by atoms with Crippen LogP contribution in [0.25, 0.3) is 0 Å². The van der Waals surface area contributed by atoms with Crippen LogP contribution in [0.5, 0.6) is 5.75 Å². The van der Waals surface area contributed by atoms with Gasteiger partial charge in [0.2, 0.25) is 0 Å².